The molecule has 9 nitrogen and oxygen atoms in total. The normalized spacial score (nSPS) is 18.9. The third-order valence-electron chi connectivity index (χ3n) is 6.69. The van der Waals surface area contributed by atoms with Gasteiger partial charge in [0.25, 0.3) is 0 Å². The van der Waals surface area contributed by atoms with Gasteiger partial charge < -0.3 is 0 Å². The van der Waals surface area contributed by atoms with E-state index in [1.165, 1.54) is 0 Å². The average Bonchev–Trinajstić information content (AvgIpc) is 3.08. The van der Waals surface area contributed by atoms with Crippen molar-refractivity contribution in [2.75, 3.05) is 112 Å². The first-order chi connectivity index (χ1) is 23.5. The van der Waals surface area contributed by atoms with Crippen molar-refractivity contribution < 1.29 is 27.1 Å². The van der Waals surface area contributed by atoms with Crippen molar-refractivity contribution >= 4 is 94.6 Å². The summed E-state index contributed by atoms with van der Waals surface area (Å²) >= 11 is 11.1. The molecule has 1 heterocycles. The summed E-state index contributed by atoms with van der Waals surface area (Å²) in [6.45, 7) is 2.97. The van der Waals surface area contributed by atoms with Crippen molar-refractivity contribution in [1.29, 1.82) is 0 Å². The Morgan fingerprint density at radius 3 is 0.604 bits per heavy atom. The summed E-state index contributed by atoms with van der Waals surface area (Å²) in [6.07, 6.45) is 24.5. The van der Waals surface area contributed by atoms with Gasteiger partial charge in [-0.05, 0) is 0 Å². The summed E-state index contributed by atoms with van der Waals surface area (Å²) in [7, 11) is -9.75. The zero-order valence-electron chi connectivity index (χ0n) is 30.6. The first-order valence-electron chi connectivity index (χ1n) is 17.2. The van der Waals surface area contributed by atoms with Crippen LogP contribution in [0.5, 0.6) is 0 Å². The molecule has 0 aromatic heterocycles. The molecular weight excluding hydrogens is 784 g/mol. The molecule has 0 amide bonds. The number of hydrogen-bond acceptors (Lipinski definition) is 12. The van der Waals surface area contributed by atoms with Crippen LogP contribution in [-0.2, 0) is 27.1 Å². The van der Waals surface area contributed by atoms with E-state index in [1.54, 1.807) is 0 Å². The Morgan fingerprint density at radius 2 is 0.458 bits per heavy atom. The second-order valence-corrected chi connectivity index (χ2v) is 23.5. The summed E-state index contributed by atoms with van der Waals surface area (Å²) < 4.78 is 40.3. The molecule has 0 N–H and O–H groups in total. The Labute approximate surface area is 322 Å². The standard InChI is InChI=1S/C30H66N3O6P3S6/c1-43-25-13-7-19-34-40(35-20-8-14-26-44-2)31-41(36-21-9-15-27-45-3,37-22-10-16-28-46-4)33-42(32-40,38-23-11-17-29-47-5)39-24-12-18-30-48-6/h7-30H2,1-6H3. The Kier molecular flexibility index (Phi) is 34.1. The van der Waals surface area contributed by atoms with Crippen molar-refractivity contribution in [3.8, 4) is 0 Å². The van der Waals surface area contributed by atoms with Gasteiger partial charge >= 0.3 is 325 Å². The number of nitrogens with zero attached hydrogens (tertiary/aromatic N) is 3. The topological polar surface area (TPSA) is 97.7 Å². The Balaban J connectivity index is 3.51. The van der Waals surface area contributed by atoms with Gasteiger partial charge in [0.15, 0.2) is 0 Å². The second-order valence-electron chi connectivity index (χ2n) is 10.9. The maximum absolute atomic E-state index is 6.72. The molecule has 18 heteroatoms. The molecule has 0 bridgehead atoms. The number of unbranched alkanes of at least 4 members (excludes halogenated alkanes) is 6. The van der Waals surface area contributed by atoms with E-state index < -0.39 is 24.1 Å². The van der Waals surface area contributed by atoms with Crippen LogP contribution in [0.15, 0.2) is 0 Å². The van der Waals surface area contributed by atoms with Gasteiger partial charge in [0.2, 0.25) is 0 Å². The van der Waals surface area contributed by atoms with E-state index in [4.69, 9.17) is 41.7 Å². The third kappa shape index (κ3) is 23.7. The summed E-state index contributed by atoms with van der Waals surface area (Å²) in [5.74, 6) is 6.49. The third-order valence-corrected chi connectivity index (χ3v) is 19.4. The molecule has 1 rings (SSSR count). The molecule has 0 aromatic rings. The van der Waals surface area contributed by atoms with E-state index in [0.717, 1.165) is 112 Å². The van der Waals surface area contributed by atoms with Crippen LogP contribution in [0.2, 0.25) is 0 Å². The van der Waals surface area contributed by atoms with Gasteiger partial charge in [-0.15, -0.1) is 0 Å². The van der Waals surface area contributed by atoms with Gasteiger partial charge in [-0.3, -0.25) is 0 Å². The van der Waals surface area contributed by atoms with Crippen LogP contribution < -0.4 is 14.6 Å². The quantitative estimate of drug-likeness (QED) is 0.0443. The summed E-state index contributed by atoms with van der Waals surface area (Å²) in [4.78, 5) is 15.8. The van der Waals surface area contributed by atoms with Crippen LogP contribution in [-0.4, -0.2) is 112 Å². The van der Waals surface area contributed by atoms with Gasteiger partial charge in [-0.2, -0.15) is 0 Å². The monoisotopic (exact) mass is 849 g/mol. The second kappa shape index (κ2) is 33.4. The fourth-order valence-corrected chi connectivity index (χ4v) is 16.8. The van der Waals surface area contributed by atoms with E-state index in [1.807, 2.05) is 70.6 Å². The van der Waals surface area contributed by atoms with E-state index in [2.05, 4.69) is 37.5 Å². The molecule has 1 fully saturated rings. The molecule has 0 aromatic carbocycles. The first kappa shape index (κ1) is 49.0. The molecule has 0 spiro atoms. The molecule has 1 aliphatic rings. The van der Waals surface area contributed by atoms with E-state index in [0.29, 0.717) is 39.6 Å². The fourth-order valence-electron chi connectivity index (χ4n) is 4.10. The Bertz CT molecular complexity index is 595. The molecule has 48 heavy (non-hydrogen) atoms. The summed E-state index contributed by atoms with van der Waals surface area (Å²) in [5.41, 5.74) is 0. The van der Waals surface area contributed by atoms with Gasteiger partial charge in [-0.25, -0.2) is 0 Å². The zero-order valence-corrected chi connectivity index (χ0v) is 38.1. The van der Waals surface area contributed by atoms with E-state index >= 15 is 0 Å². The molecule has 6 radical (unpaired) electrons. The van der Waals surface area contributed by atoms with Crippen LogP contribution >= 0.6 is 94.6 Å². The Hall–Kier alpha value is 3.03. The summed E-state index contributed by atoms with van der Waals surface area (Å²) in [5, 5.41) is 0. The Morgan fingerprint density at radius 1 is 0.292 bits per heavy atom. The van der Waals surface area contributed by atoms with Crippen LogP contribution in [0.1, 0.15) is 77.0 Å². The van der Waals surface area contributed by atoms with E-state index in [9.17, 15) is 0 Å². The van der Waals surface area contributed by atoms with Gasteiger partial charge in [-0.1, -0.05) is 0 Å². The summed E-state index contributed by atoms with van der Waals surface area (Å²) in [6, 6.07) is 0. The predicted molar refractivity (Wildman–Crippen MR) is 229 cm³/mol. The number of thioether (sulfide) groups is 6. The van der Waals surface area contributed by atoms with Crippen molar-refractivity contribution in [3.63, 3.8) is 0 Å². The fraction of sp³-hybridized carbons (Fsp3) is 1.00. The minimum absolute atomic E-state index is 0.495. The number of hydrogen-bond donors (Lipinski definition) is 0. The molecule has 0 aliphatic carbocycles. The van der Waals surface area contributed by atoms with Gasteiger partial charge in [0, 0.05) is 0 Å². The first-order valence-corrected chi connectivity index (χ1v) is 30.2. The van der Waals surface area contributed by atoms with Crippen LogP contribution in [0, 0.1) is 0 Å². The van der Waals surface area contributed by atoms with Gasteiger partial charge in [0.05, 0.1) is 0 Å². The minimum atomic E-state index is -3.25. The SMILES string of the molecule is CSCCCCO[P-]1(OCCCCSC)[N+][P-](OCCCCSC)(OCCCCSC)[N+][P-](OCCCCSC)(OCCCCSC)[N+]1. The predicted octanol–water partition coefficient (Wildman–Crippen LogP) is 10.8. The molecule has 0 unspecified atom stereocenters. The maximum atomic E-state index is 6.72. The van der Waals surface area contributed by atoms with Crippen molar-refractivity contribution in [2.45, 2.75) is 77.0 Å². The van der Waals surface area contributed by atoms with Crippen LogP contribution in [0.25, 0.3) is 0 Å². The van der Waals surface area contributed by atoms with Crippen LogP contribution in [0.4, 0.5) is 0 Å². The molecule has 0 atom stereocenters. The zero-order chi connectivity index (χ0) is 35.1. The van der Waals surface area contributed by atoms with E-state index in [-0.39, 0.29) is 0 Å². The van der Waals surface area contributed by atoms with Gasteiger partial charge in [0.1, 0.15) is 0 Å². The van der Waals surface area contributed by atoms with Crippen molar-refractivity contribution in [3.05, 3.63) is 0 Å². The molecule has 1 saturated heterocycles. The van der Waals surface area contributed by atoms with Crippen LogP contribution in [0.3, 0.4) is 0 Å². The number of rotatable bonds is 36. The molecule has 288 valence electrons. The molecular formula is C30H66N3O6P3S6. The van der Waals surface area contributed by atoms with Crippen molar-refractivity contribution in [2.24, 2.45) is 0 Å². The molecule has 0 saturated carbocycles. The van der Waals surface area contributed by atoms with Crippen molar-refractivity contribution in [1.82, 2.24) is 14.6 Å². The molecule has 1 aliphatic heterocycles. The average molecular weight is 850 g/mol.